The summed E-state index contributed by atoms with van der Waals surface area (Å²) in [4.78, 5) is 15.2. The molecule has 0 spiro atoms. The van der Waals surface area contributed by atoms with Crippen molar-refractivity contribution < 1.29 is 0 Å². The second-order valence-electron chi connectivity index (χ2n) is 2.57. The molecular formula is C8H6N4OS. The van der Waals surface area contributed by atoms with Crippen molar-refractivity contribution in [2.24, 2.45) is 0 Å². The third-order valence-corrected chi connectivity index (χ3v) is 2.04. The van der Waals surface area contributed by atoms with Crippen LogP contribution < -0.4 is 5.56 Å². The zero-order valence-corrected chi connectivity index (χ0v) is 7.84. The fourth-order valence-corrected chi connectivity index (χ4v) is 1.23. The van der Waals surface area contributed by atoms with Crippen LogP contribution in [-0.2, 0) is 0 Å². The topological polar surface area (TPSA) is 74.4 Å². The average Bonchev–Trinajstić information content (AvgIpc) is 2.23. The second-order valence-corrected chi connectivity index (χ2v) is 2.98. The first kappa shape index (κ1) is 8.76. The predicted molar refractivity (Wildman–Crippen MR) is 53.3 cm³/mol. The van der Waals surface area contributed by atoms with Crippen LogP contribution in [0.2, 0.25) is 0 Å². The number of aromatic amines is 2. The van der Waals surface area contributed by atoms with E-state index in [9.17, 15) is 4.79 Å². The van der Waals surface area contributed by atoms with Crippen LogP contribution in [0.4, 0.5) is 0 Å². The van der Waals surface area contributed by atoms with E-state index in [4.69, 9.17) is 12.2 Å². The Morgan fingerprint density at radius 3 is 2.93 bits per heavy atom. The summed E-state index contributed by atoms with van der Waals surface area (Å²) in [6.45, 7) is 0. The summed E-state index contributed by atoms with van der Waals surface area (Å²) in [5.41, 5.74) is 0.611. The molecule has 6 heteroatoms. The molecule has 0 fully saturated rings. The van der Waals surface area contributed by atoms with E-state index in [2.05, 4.69) is 20.4 Å². The van der Waals surface area contributed by atoms with E-state index in [1.807, 2.05) is 0 Å². The van der Waals surface area contributed by atoms with Crippen molar-refractivity contribution in [1.82, 2.24) is 20.4 Å². The van der Waals surface area contributed by atoms with E-state index in [1.54, 1.807) is 24.4 Å². The van der Waals surface area contributed by atoms with Gasteiger partial charge in [-0.3, -0.25) is 9.78 Å². The van der Waals surface area contributed by atoms with Crippen molar-refractivity contribution in [3.63, 3.8) is 0 Å². The number of hydrogen-bond acceptors (Lipinski definition) is 4. The highest BCUT2D eigenvalue weighted by molar-refractivity contribution is 7.71. The monoisotopic (exact) mass is 206 g/mol. The van der Waals surface area contributed by atoms with Crippen molar-refractivity contribution in [1.29, 1.82) is 0 Å². The zero-order chi connectivity index (χ0) is 9.97. The van der Waals surface area contributed by atoms with Gasteiger partial charge in [0.05, 0.1) is 5.69 Å². The highest BCUT2D eigenvalue weighted by Crippen LogP contribution is 2.10. The van der Waals surface area contributed by atoms with Gasteiger partial charge in [0.2, 0.25) is 0 Å². The average molecular weight is 206 g/mol. The highest BCUT2D eigenvalue weighted by atomic mass is 32.1. The molecular weight excluding hydrogens is 200 g/mol. The SMILES string of the molecule is O=c1[nH][nH]nc(-c2ccccn2)c1=S. The molecule has 2 aromatic rings. The molecule has 0 radical (unpaired) electrons. The molecule has 0 atom stereocenters. The largest absolute Gasteiger partial charge is 0.284 e. The van der Waals surface area contributed by atoms with E-state index in [-0.39, 0.29) is 10.1 Å². The Morgan fingerprint density at radius 2 is 2.21 bits per heavy atom. The molecule has 0 bridgehead atoms. The van der Waals surface area contributed by atoms with Gasteiger partial charge in [-0.05, 0) is 12.1 Å². The maximum absolute atomic E-state index is 11.2. The van der Waals surface area contributed by atoms with Crippen LogP contribution in [0.25, 0.3) is 11.4 Å². The summed E-state index contributed by atoms with van der Waals surface area (Å²) in [6, 6.07) is 5.33. The Labute approximate surface area is 83.8 Å². The first-order valence-electron chi connectivity index (χ1n) is 3.88. The number of pyridine rings is 1. The molecule has 0 saturated heterocycles. The normalized spacial score (nSPS) is 10.0. The summed E-state index contributed by atoms with van der Waals surface area (Å²) in [6.07, 6.45) is 1.62. The summed E-state index contributed by atoms with van der Waals surface area (Å²) in [5.74, 6) is 0. The summed E-state index contributed by atoms with van der Waals surface area (Å²) < 4.78 is 0.141. The van der Waals surface area contributed by atoms with Crippen molar-refractivity contribution in [2.45, 2.75) is 0 Å². The van der Waals surface area contributed by atoms with E-state index < -0.39 is 0 Å². The van der Waals surface area contributed by atoms with Gasteiger partial charge in [0.15, 0.2) is 0 Å². The van der Waals surface area contributed by atoms with Crippen molar-refractivity contribution in [2.75, 3.05) is 0 Å². The standard InChI is InChI=1S/C8H6N4OS/c13-8-7(14)6(10-12-11-8)5-3-1-2-4-9-5/h1-4H,(H,12,14)(H,10,11,13). The molecule has 0 aromatic carbocycles. The molecule has 0 saturated carbocycles. The molecule has 0 amide bonds. The third kappa shape index (κ3) is 1.47. The summed E-state index contributed by atoms with van der Waals surface area (Å²) in [7, 11) is 0. The second kappa shape index (κ2) is 3.51. The van der Waals surface area contributed by atoms with Gasteiger partial charge < -0.3 is 0 Å². The Hall–Kier alpha value is -1.82. The molecule has 2 heterocycles. The highest BCUT2D eigenvalue weighted by Gasteiger charge is 2.04. The molecule has 0 aliphatic rings. The molecule has 2 N–H and O–H groups in total. The van der Waals surface area contributed by atoms with Crippen molar-refractivity contribution >= 4 is 12.2 Å². The van der Waals surface area contributed by atoms with Gasteiger partial charge in [0.1, 0.15) is 10.2 Å². The van der Waals surface area contributed by atoms with Gasteiger partial charge in [-0.25, -0.2) is 10.3 Å². The lowest BCUT2D eigenvalue weighted by Gasteiger charge is -1.96. The number of nitrogens with one attached hydrogen (secondary N) is 2. The van der Waals surface area contributed by atoms with E-state index in [0.717, 1.165) is 0 Å². The molecule has 14 heavy (non-hydrogen) atoms. The molecule has 2 rings (SSSR count). The quantitative estimate of drug-likeness (QED) is 0.679. The van der Waals surface area contributed by atoms with Gasteiger partial charge in [0, 0.05) is 6.20 Å². The number of nitrogens with zero attached hydrogens (tertiary/aromatic N) is 2. The Morgan fingerprint density at radius 1 is 1.36 bits per heavy atom. The van der Waals surface area contributed by atoms with Crippen LogP contribution in [0.1, 0.15) is 0 Å². The maximum Gasteiger partial charge on any atom is 0.284 e. The first-order chi connectivity index (χ1) is 6.79. The van der Waals surface area contributed by atoms with Gasteiger partial charge in [-0.2, -0.15) is 5.10 Å². The molecule has 70 valence electrons. The molecule has 0 unspecified atom stereocenters. The van der Waals surface area contributed by atoms with Crippen molar-refractivity contribution in [3.8, 4) is 11.4 Å². The third-order valence-electron chi connectivity index (χ3n) is 1.67. The fraction of sp³-hybridized carbons (Fsp3) is 0. The lowest BCUT2D eigenvalue weighted by molar-refractivity contribution is 0.839. The minimum Gasteiger partial charge on any atom is -0.266 e. The van der Waals surface area contributed by atoms with Crippen molar-refractivity contribution in [3.05, 3.63) is 39.3 Å². The maximum atomic E-state index is 11.2. The van der Waals surface area contributed by atoms with Crippen LogP contribution in [0.15, 0.2) is 29.2 Å². The number of rotatable bonds is 1. The molecule has 2 aromatic heterocycles. The minimum atomic E-state index is -0.365. The van der Waals surface area contributed by atoms with Gasteiger partial charge in [0.25, 0.3) is 5.56 Å². The van der Waals surface area contributed by atoms with Gasteiger partial charge in [-0.1, -0.05) is 18.3 Å². The van der Waals surface area contributed by atoms with Gasteiger partial charge in [-0.15, -0.1) is 0 Å². The van der Waals surface area contributed by atoms with Crippen LogP contribution in [0.5, 0.6) is 0 Å². The van der Waals surface area contributed by atoms with E-state index >= 15 is 0 Å². The van der Waals surface area contributed by atoms with E-state index in [0.29, 0.717) is 11.4 Å². The molecule has 0 aliphatic carbocycles. The van der Waals surface area contributed by atoms with Crippen LogP contribution in [0, 0.1) is 4.51 Å². The van der Waals surface area contributed by atoms with Crippen LogP contribution in [-0.4, -0.2) is 20.4 Å². The lowest BCUT2D eigenvalue weighted by Crippen LogP contribution is -2.11. The van der Waals surface area contributed by atoms with Crippen LogP contribution in [0.3, 0.4) is 0 Å². The number of hydrogen-bond donors (Lipinski definition) is 2. The lowest BCUT2D eigenvalue weighted by atomic mass is 10.3. The Kier molecular flexibility index (Phi) is 2.19. The Bertz CT molecular complexity index is 545. The van der Waals surface area contributed by atoms with Crippen LogP contribution >= 0.6 is 12.2 Å². The number of H-pyrrole nitrogens is 2. The number of aromatic nitrogens is 4. The minimum absolute atomic E-state index is 0.141. The predicted octanol–water partition coefficient (Wildman–Crippen LogP) is 0.889. The fourth-order valence-electron chi connectivity index (χ4n) is 1.03. The van der Waals surface area contributed by atoms with E-state index in [1.165, 1.54) is 0 Å². The summed E-state index contributed by atoms with van der Waals surface area (Å²) >= 11 is 4.91. The first-order valence-corrected chi connectivity index (χ1v) is 4.28. The summed E-state index contributed by atoms with van der Waals surface area (Å²) in [5, 5.41) is 8.52. The molecule has 5 nitrogen and oxygen atoms in total. The molecule has 0 aliphatic heterocycles. The zero-order valence-electron chi connectivity index (χ0n) is 7.02. The van der Waals surface area contributed by atoms with Gasteiger partial charge >= 0.3 is 0 Å². The Balaban J connectivity index is 2.70. The smallest absolute Gasteiger partial charge is 0.266 e.